The molecule has 0 aromatic rings. The fraction of sp³-hybridized carbons (Fsp3) is 0.694. The van der Waals surface area contributed by atoms with Crippen molar-refractivity contribution >= 4 is 65.2 Å². The average molecular weight is 1060 g/mol. The first kappa shape index (κ1) is 64.6. The van der Waals surface area contributed by atoms with E-state index in [1.54, 1.807) is 39.8 Å². The van der Waals surface area contributed by atoms with Gasteiger partial charge in [0.2, 0.25) is 41.4 Å². The third-order valence-electron chi connectivity index (χ3n) is 12.7. The zero-order valence-electron chi connectivity index (χ0n) is 43.5. The summed E-state index contributed by atoms with van der Waals surface area (Å²) in [6, 6.07) is -10.4. The Hall–Kier alpha value is -6.51. The van der Waals surface area contributed by atoms with Crippen LogP contribution >= 0.6 is 0 Å². The van der Waals surface area contributed by atoms with Crippen molar-refractivity contribution in [3.63, 3.8) is 0 Å². The molecule has 0 radical (unpaired) electrons. The third kappa shape index (κ3) is 23.3. The van der Waals surface area contributed by atoms with Crippen molar-refractivity contribution in [1.82, 2.24) is 42.1 Å². The number of carbonyl (C=O) groups excluding carboxylic acids is 7. The highest BCUT2D eigenvalue weighted by atomic mass is 16.4. The number of carboxylic acid groups (broad SMARTS) is 4. The van der Waals surface area contributed by atoms with E-state index in [0.717, 1.165) is 10.5 Å². The summed E-state index contributed by atoms with van der Waals surface area (Å²) in [6.07, 6.45) is 4.54. The van der Waals surface area contributed by atoms with Gasteiger partial charge in [-0.2, -0.15) is 0 Å². The van der Waals surface area contributed by atoms with Crippen molar-refractivity contribution < 1.29 is 73.2 Å². The molecule has 9 atom stereocenters. The van der Waals surface area contributed by atoms with E-state index in [9.17, 15) is 73.2 Å². The number of allylic oxidation sites excluding steroid dienone is 3. The van der Waals surface area contributed by atoms with Crippen molar-refractivity contribution in [3.05, 3.63) is 23.8 Å². The molecule has 26 heteroatoms. The molecule has 26 nitrogen and oxygen atoms in total. The van der Waals surface area contributed by atoms with Crippen LogP contribution < -0.4 is 54.4 Å². The fourth-order valence-corrected chi connectivity index (χ4v) is 8.45. The van der Waals surface area contributed by atoms with E-state index in [-0.39, 0.29) is 45.2 Å². The molecule has 2 rings (SSSR count). The maximum atomic E-state index is 14.4. The van der Waals surface area contributed by atoms with Crippen LogP contribution in [0.3, 0.4) is 0 Å². The number of nitrogens with one attached hydrogen (secondary N) is 7. The van der Waals surface area contributed by atoms with E-state index in [4.69, 9.17) is 17.2 Å². The van der Waals surface area contributed by atoms with Gasteiger partial charge in [-0.3, -0.25) is 58.1 Å². The van der Waals surface area contributed by atoms with E-state index < -0.39 is 164 Å². The molecule has 0 saturated carbocycles. The van der Waals surface area contributed by atoms with Crippen LogP contribution in [0.25, 0.3) is 0 Å². The molecule has 1 heterocycles. The third-order valence-corrected chi connectivity index (χ3v) is 12.7. The van der Waals surface area contributed by atoms with Gasteiger partial charge >= 0.3 is 23.9 Å². The van der Waals surface area contributed by atoms with Crippen molar-refractivity contribution in [2.45, 2.75) is 185 Å². The molecule has 422 valence electrons. The number of carboxylic acids is 4. The zero-order chi connectivity index (χ0) is 56.4. The molecular weight excluding hydrogens is 983 g/mol. The molecule has 17 N–H and O–H groups in total. The summed E-state index contributed by atoms with van der Waals surface area (Å²) in [5, 5.41) is 56.6. The average Bonchev–Trinajstić information content (AvgIpc) is 4.06. The minimum absolute atomic E-state index is 0.0277. The summed E-state index contributed by atoms with van der Waals surface area (Å²) < 4.78 is 0. The van der Waals surface area contributed by atoms with Crippen molar-refractivity contribution in [2.24, 2.45) is 29.0 Å². The fourth-order valence-electron chi connectivity index (χ4n) is 8.45. The van der Waals surface area contributed by atoms with Gasteiger partial charge in [0.05, 0.1) is 12.2 Å². The lowest BCUT2D eigenvalue weighted by Gasteiger charge is -2.32. The largest absolute Gasteiger partial charge is 0.481 e. The second kappa shape index (κ2) is 33.4. The van der Waals surface area contributed by atoms with Gasteiger partial charge in [-0.15, -0.1) is 0 Å². The molecule has 0 spiro atoms. The van der Waals surface area contributed by atoms with Crippen LogP contribution in [0, 0.1) is 11.8 Å². The summed E-state index contributed by atoms with van der Waals surface area (Å²) in [5.41, 5.74) is 18.2. The Morgan fingerprint density at radius 2 is 1.12 bits per heavy atom. The monoisotopic (exact) mass is 1060 g/mol. The minimum Gasteiger partial charge on any atom is -0.481 e. The quantitative estimate of drug-likeness (QED) is 0.0253. The Morgan fingerprint density at radius 1 is 0.600 bits per heavy atom. The molecule has 0 aromatic carbocycles. The normalized spacial score (nSPS) is 17.3. The highest BCUT2D eigenvalue weighted by Gasteiger charge is 2.41. The molecule has 9 unspecified atom stereocenters. The van der Waals surface area contributed by atoms with E-state index in [1.165, 1.54) is 0 Å². The van der Waals surface area contributed by atoms with Gasteiger partial charge in [0, 0.05) is 25.8 Å². The molecule has 2 aliphatic rings. The van der Waals surface area contributed by atoms with E-state index in [0.29, 0.717) is 45.1 Å². The van der Waals surface area contributed by atoms with Gasteiger partial charge in [-0.05, 0) is 102 Å². The van der Waals surface area contributed by atoms with Crippen LogP contribution in [-0.4, -0.2) is 165 Å². The summed E-state index contributed by atoms with van der Waals surface area (Å²) >= 11 is 0. The molecule has 1 saturated heterocycles. The van der Waals surface area contributed by atoms with Crippen LogP contribution in [0.2, 0.25) is 0 Å². The van der Waals surface area contributed by atoms with Crippen molar-refractivity contribution in [3.8, 4) is 0 Å². The number of hydrogen-bond donors (Lipinski definition) is 14. The smallest absolute Gasteiger partial charge is 0.321 e. The number of hydrogen-bond acceptors (Lipinski definition) is 15. The van der Waals surface area contributed by atoms with Crippen LogP contribution in [0.4, 0.5) is 0 Å². The molecule has 1 aliphatic carbocycles. The van der Waals surface area contributed by atoms with Gasteiger partial charge < -0.3 is 74.4 Å². The highest BCUT2D eigenvalue weighted by Crippen LogP contribution is 2.22. The van der Waals surface area contributed by atoms with Gasteiger partial charge in [-0.25, -0.2) is 0 Å². The van der Waals surface area contributed by atoms with E-state index >= 15 is 0 Å². The standard InChI is InChI=1S/C49H81N11O15/c1-27(2)40(59-45(70)34(26-29-12-5-6-13-29)56-42(67)30(52)14-7-9-23-50)47(72)55-33(18-21-38(63)64)48(73)60-25-11-16-35(60)46(71)54-32(17-20-37(61)62)43(68)53-31(15-8-10-24-51)44(69)58-36(19-22-39(65)66)57-41(28(3)4)49(74)75/h5-6,12,27-28,30-36,40-41,57H,7-11,13-26,50-52H2,1-4H3,(H,53,68)(H,54,71)(H,55,72)(H,56,67)(H,58,69)(H,59,70)(H,61,62)(H,63,64)(H,65,66)(H,74,75). The molecule has 75 heavy (non-hydrogen) atoms. The topological polar surface area (TPSA) is 434 Å². The molecule has 0 bridgehead atoms. The number of aliphatic carboxylic acids is 4. The minimum atomic E-state index is -1.60. The highest BCUT2D eigenvalue weighted by molar-refractivity contribution is 5.98. The Kier molecular flexibility index (Phi) is 28.8. The van der Waals surface area contributed by atoms with E-state index in [1.807, 2.05) is 6.08 Å². The SMILES string of the molecule is CC(C)C(NC(CCC(=O)O)NC(=O)C(CCCCN)NC(=O)C(CCC(=O)O)NC(=O)C1CCCN1C(=O)C(CCC(=O)O)NC(=O)C(NC(=O)C(CC1=CC=CC1)NC(=O)C(N)CCCCN)C(C)C)C(=O)O. The first-order chi connectivity index (χ1) is 35.4. The summed E-state index contributed by atoms with van der Waals surface area (Å²) in [6.45, 7) is 7.03. The number of rotatable bonds is 37. The van der Waals surface area contributed by atoms with E-state index in [2.05, 4.69) is 37.2 Å². The second-order valence-electron chi connectivity index (χ2n) is 19.6. The Labute approximate surface area is 436 Å². The maximum absolute atomic E-state index is 14.4. The van der Waals surface area contributed by atoms with Crippen LogP contribution in [0.15, 0.2) is 23.8 Å². The second-order valence-corrected chi connectivity index (χ2v) is 19.6. The van der Waals surface area contributed by atoms with Gasteiger partial charge in [0.15, 0.2) is 0 Å². The number of likely N-dealkylation sites (tertiary alicyclic amines) is 1. The van der Waals surface area contributed by atoms with Gasteiger partial charge in [0.25, 0.3) is 0 Å². The number of nitrogens with two attached hydrogens (primary N) is 3. The lowest BCUT2D eigenvalue weighted by atomic mass is 9.99. The zero-order valence-corrected chi connectivity index (χ0v) is 43.5. The van der Waals surface area contributed by atoms with Gasteiger partial charge in [0.1, 0.15) is 42.3 Å². The Morgan fingerprint density at radius 3 is 1.67 bits per heavy atom. The summed E-state index contributed by atoms with van der Waals surface area (Å²) in [4.78, 5) is 146. The Bertz CT molecular complexity index is 2050. The number of nitrogens with zero attached hydrogens (tertiary/aromatic N) is 1. The molecule has 1 aliphatic heterocycles. The maximum Gasteiger partial charge on any atom is 0.321 e. The van der Waals surface area contributed by atoms with Crippen molar-refractivity contribution in [1.29, 1.82) is 0 Å². The predicted octanol–water partition coefficient (Wildman–Crippen LogP) is -1.35. The first-order valence-electron chi connectivity index (χ1n) is 25.7. The molecule has 1 fully saturated rings. The Balaban J connectivity index is 2.39. The van der Waals surface area contributed by atoms with Crippen LogP contribution in [0.1, 0.15) is 130 Å². The lowest BCUT2D eigenvalue weighted by molar-refractivity contribution is -0.144. The molecule has 7 amide bonds. The molecule has 0 aromatic heterocycles. The molecular formula is C49H81N11O15. The number of carbonyl (C=O) groups is 11. The summed E-state index contributed by atoms with van der Waals surface area (Å²) in [5.74, 6) is -12.0. The predicted molar refractivity (Wildman–Crippen MR) is 271 cm³/mol. The van der Waals surface area contributed by atoms with Crippen LogP contribution in [-0.2, 0) is 52.7 Å². The number of amides is 7. The first-order valence-corrected chi connectivity index (χ1v) is 25.7. The summed E-state index contributed by atoms with van der Waals surface area (Å²) in [7, 11) is 0. The van der Waals surface area contributed by atoms with Crippen LogP contribution in [0.5, 0.6) is 0 Å². The van der Waals surface area contributed by atoms with Gasteiger partial charge in [-0.1, -0.05) is 57.9 Å². The lowest BCUT2D eigenvalue weighted by Crippen LogP contribution is -2.61. The van der Waals surface area contributed by atoms with Crippen molar-refractivity contribution in [2.75, 3.05) is 19.6 Å². The number of unbranched alkanes of at least 4 members (excludes halogenated alkanes) is 2.